The van der Waals surface area contributed by atoms with Crippen LogP contribution in [0.5, 0.6) is 0 Å². The molecule has 2 rings (SSSR count). The van der Waals surface area contributed by atoms with Crippen molar-refractivity contribution in [2.45, 2.75) is 19.9 Å². The molecule has 0 aliphatic carbocycles. The fourth-order valence-electron chi connectivity index (χ4n) is 2.06. The van der Waals surface area contributed by atoms with Crippen LogP contribution >= 0.6 is 0 Å². The summed E-state index contributed by atoms with van der Waals surface area (Å²) in [5, 5.41) is 0. The average molecular weight is 224 g/mol. The minimum Gasteiger partial charge on any atom is -0.326 e. The van der Waals surface area contributed by atoms with E-state index in [0.717, 1.165) is 6.42 Å². The normalized spacial score (nSPS) is 10.8. The van der Waals surface area contributed by atoms with Gasteiger partial charge in [-0.2, -0.15) is 0 Å². The third kappa shape index (κ3) is 2.75. The van der Waals surface area contributed by atoms with Crippen molar-refractivity contribution in [2.75, 3.05) is 0 Å². The maximum absolute atomic E-state index is 5.61. The maximum Gasteiger partial charge on any atom is 0.0337 e. The molecule has 1 radical (unpaired) electrons. The Bertz CT molecular complexity index is 445. The van der Waals surface area contributed by atoms with Crippen molar-refractivity contribution in [1.29, 1.82) is 0 Å². The highest BCUT2D eigenvalue weighted by molar-refractivity contribution is 5.45. The first kappa shape index (κ1) is 11.9. The van der Waals surface area contributed by atoms with E-state index in [1.165, 1.54) is 22.6 Å². The molecule has 1 nitrogen and oxygen atoms in total. The smallest absolute Gasteiger partial charge is 0.0337 e. The van der Waals surface area contributed by atoms with Crippen LogP contribution < -0.4 is 5.73 Å². The lowest BCUT2D eigenvalue weighted by molar-refractivity contribution is 0.985. The molecular formula is C16H18N. The van der Waals surface area contributed by atoms with Crippen LogP contribution in [0, 0.1) is 5.92 Å². The van der Waals surface area contributed by atoms with E-state index in [9.17, 15) is 0 Å². The molecule has 0 aliphatic heterocycles. The van der Waals surface area contributed by atoms with Gasteiger partial charge in [0.2, 0.25) is 0 Å². The SMILES string of the molecule is CC[C](c1ccccc1)c1ccc(CN)cc1. The summed E-state index contributed by atoms with van der Waals surface area (Å²) in [5.74, 6) is 1.38. The predicted octanol–water partition coefficient (Wildman–Crippen LogP) is 3.53. The molecule has 0 spiro atoms. The first-order chi connectivity index (χ1) is 8.35. The number of benzene rings is 2. The van der Waals surface area contributed by atoms with Gasteiger partial charge in [0.1, 0.15) is 0 Å². The van der Waals surface area contributed by atoms with Crippen LogP contribution in [-0.2, 0) is 6.54 Å². The average Bonchev–Trinajstić information content (AvgIpc) is 2.42. The van der Waals surface area contributed by atoms with E-state index in [1.54, 1.807) is 0 Å². The third-order valence-corrected chi connectivity index (χ3v) is 3.01. The fourth-order valence-corrected chi connectivity index (χ4v) is 2.06. The first-order valence-corrected chi connectivity index (χ1v) is 6.05. The molecule has 0 amide bonds. The Morgan fingerprint density at radius 1 is 0.882 bits per heavy atom. The van der Waals surface area contributed by atoms with Crippen molar-refractivity contribution >= 4 is 0 Å². The van der Waals surface area contributed by atoms with Crippen LogP contribution in [0.3, 0.4) is 0 Å². The number of rotatable bonds is 4. The van der Waals surface area contributed by atoms with E-state index < -0.39 is 0 Å². The monoisotopic (exact) mass is 224 g/mol. The lowest BCUT2D eigenvalue weighted by Crippen LogP contribution is -2.02. The second-order valence-electron chi connectivity index (χ2n) is 4.10. The van der Waals surface area contributed by atoms with Crippen molar-refractivity contribution in [3.8, 4) is 0 Å². The molecule has 0 fully saturated rings. The zero-order valence-electron chi connectivity index (χ0n) is 10.2. The summed E-state index contributed by atoms with van der Waals surface area (Å²) >= 11 is 0. The van der Waals surface area contributed by atoms with Gasteiger partial charge in [-0.25, -0.2) is 0 Å². The quantitative estimate of drug-likeness (QED) is 0.844. The Labute approximate surface area is 103 Å². The van der Waals surface area contributed by atoms with Gasteiger partial charge in [-0.05, 0) is 23.1 Å². The van der Waals surface area contributed by atoms with E-state index in [2.05, 4.69) is 55.5 Å². The van der Waals surface area contributed by atoms with E-state index in [1.807, 2.05) is 6.07 Å². The van der Waals surface area contributed by atoms with Gasteiger partial charge in [-0.3, -0.25) is 0 Å². The van der Waals surface area contributed by atoms with E-state index in [-0.39, 0.29) is 0 Å². The topological polar surface area (TPSA) is 26.0 Å². The molecule has 0 aromatic heterocycles. The van der Waals surface area contributed by atoms with Crippen molar-refractivity contribution in [3.05, 3.63) is 77.2 Å². The maximum atomic E-state index is 5.61. The molecule has 0 bridgehead atoms. The molecule has 2 aromatic carbocycles. The largest absolute Gasteiger partial charge is 0.326 e. The zero-order valence-corrected chi connectivity index (χ0v) is 10.2. The second kappa shape index (κ2) is 5.65. The van der Waals surface area contributed by atoms with Crippen LogP contribution in [0.4, 0.5) is 0 Å². The molecule has 0 unspecified atom stereocenters. The highest BCUT2D eigenvalue weighted by Crippen LogP contribution is 2.26. The van der Waals surface area contributed by atoms with Gasteiger partial charge in [0.05, 0.1) is 0 Å². The second-order valence-corrected chi connectivity index (χ2v) is 4.10. The summed E-state index contributed by atoms with van der Waals surface area (Å²) in [5.41, 5.74) is 9.38. The van der Waals surface area contributed by atoms with Crippen molar-refractivity contribution < 1.29 is 0 Å². The first-order valence-electron chi connectivity index (χ1n) is 6.05. The molecule has 2 aromatic rings. The summed E-state index contributed by atoms with van der Waals surface area (Å²) in [7, 11) is 0. The Balaban J connectivity index is 2.29. The van der Waals surface area contributed by atoms with Crippen molar-refractivity contribution in [3.63, 3.8) is 0 Å². The Kier molecular flexibility index (Phi) is 3.94. The number of hydrogen-bond acceptors (Lipinski definition) is 1. The van der Waals surface area contributed by atoms with Gasteiger partial charge >= 0.3 is 0 Å². The van der Waals surface area contributed by atoms with Gasteiger partial charge in [-0.15, -0.1) is 0 Å². The summed E-state index contributed by atoms with van der Waals surface area (Å²) in [6, 6.07) is 19.1. The van der Waals surface area contributed by atoms with Crippen LogP contribution in [-0.4, -0.2) is 0 Å². The highest BCUT2D eigenvalue weighted by Gasteiger charge is 2.11. The fraction of sp³-hybridized carbons (Fsp3) is 0.188. The molecule has 0 aliphatic rings. The molecule has 0 saturated heterocycles. The predicted molar refractivity (Wildman–Crippen MR) is 72.5 cm³/mol. The van der Waals surface area contributed by atoms with E-state index in [0.29, 0.717) is 6.54 Å². The van der Waals surface area contributed by atoms with Gasteiger partial charge in [-0.1, -0.05) is 61.5 Å². The van der Waals surface area contributed by atoms with Crippen LogP contribution in [0.1, 0.15) is 30.0 Å². The minimum absolute atomic E-state index is 0.604. The lowest BCUT2D eigenvalue weighted by atomic mass is 9.89. The lowest BCUT2D eigenvalue weighted by Gasteiger charge is -2.15. The van der Waals surface area contributed by atoms with E-state index >= 15 is 0 Å². The van der Waals surface area contributed by atoms with Gasteiger partial charge in [0, 0.05) is 12.5 Å². The summed E-state index contributed by atoms with van der Waals surface area (Å²) in [6.45, 7) is 2.80. The van der Waals surface area contributed by atoms with Gasteiger partial charge in [0.15, 0.2) is 0 Å². The summed E-state index contributed by atoms with van der Waals surface area (Å²) < 4.78 is 0. The molecule has 0 heterocycles. The van der Waals surface area contributed by atoms with Crippen LogP contribution in [0.2, 0.25) is 0 Å². The van der Waals surface area contributed by atoms with Crippen molar-refractivity contribution in [1.82, 2.24) is 0 Å². The highest BCUT2D eigenvalue weighted by atomic mass is 14.5. The molecule has 2 N–H and O–H groups in total. The zero-order chi connectivity index (χ0) is 12.1. The number of nitrogens with two attached hydrogens (primary N) is 1. The molecule has 87 valence electrons. The molecule has 1 heteroatoms. The minimum atomic E-state index is 0.604. The number of hydrogen-bond donors (Lipinski definition) is 1. The molecule has 0 atom stereocenters. The Morgan fingerprint density at radius 3 is 2.00 bits per heavy atom. The van der Waals surface area contributed by atoms with Crippen LogP contribution in [0.15, 0.2) is 54.6 Å². The Morgan fingerprint density at radius 2 is 1.47 bits per heavy atom. The van der Waals surface area contributed by atoms with E-state index in [4.69, 9.17) is 5.73 Å². The molecule has 0 saturated carbocycles. The summed E-state index contributed by atoms with van der Waals surface area (Å²) in [6.07, 6.45) is 1.03. The van der Waals surface area contributed by atoms with Gasteiger partial charge in [0.25, 0.3) is 0 Å². The van der Waals surface area contributed by atoms with Crippen molar-refractivity contribution in [2.24, 2.45) is 5.73 Å². The van der Waals surface area contributed by atoms with Gasteiger partial charge < -0.3 is 5.73 Å². The molecular weight excluding hydrogens is 206 g/mol. The Hall–Kier alpha value is -1.60. The van der Waals surface area contributed by atoms with Crippen LogP contribution in [0.25, 0.3) is 0 Å². The third-order valence-electron chi connectivity index (χ3n) is 3.01. The molecule has 17 heavy (non-hydrogen) atoms. The standard InChI is InChI=1S/C16H18N/c1-2-16(14-6-4-3-5-7-14)15-10-8-13(12-17)9-11-15/h3-11H,2,12,17H2,1H3. The summed E-state index contributed by atoms with van der Waals surface area (Å²) in [4.78, 5) is 0.